The second kappa shape index (κ2) is 5.26. The number of hydrogen-bond donors (Lipinski definition) is 4. The van der Waals surface area contributed by atoms with Gasteiger partial charge in [-0.3, -0.25) is 4.79 Å². The van der Waals surface area contributed by atoms with Crippen molar-refractivity contribution in [3.8, 4) is 0 Å². The lowest BCUT2D eigenvalue weighted by atomic mass is 10.2. The van der Waals surface area contributed by atoms with Gasteiger partial charge < -0.3 is 21.7 Å². The van der Waals surface area contributed by atoms with Crippen LogP contribution in [0.3, 0.4) is 0 Å². The van der Waals surface area contributed by atoms with Crippen LogP contribution in [0.1, 0.15) is 5.56 Å². The van der Waals surface area contributed by atoms with Gasteiger partial charge in [-0.15, -0.1) is 0 Å². The third-order valence-corrected chi connectivity index (χ3v) is 2.62. The Labute approximate surface area is 110 Å². The first-order chi connectivity index (χ1) is 9.08. The van der Waals surface area contributed by atoms with E-state index in [1.807, 2.05) is 30.3 Å². The van der Waals surface area contributed by atoms with Gasteiger partial charge in [0.05, 0.1) is 11.4 Å². The summed E-state index contributed by atoms with van der Waals surface area (Å²) in [5.74, 6) is -0.447. The SMILES string of the molecule is C=C1NC(=O)NC(C(=O)NCc2ccccc2)=C1N. The zero-order chi connectivity index (χ0) is 13.8. The number of hydrogen-bond acceptors (Lipinski definition) is 3. The molecule has 3 amide bonds. The monoisotopic (exact) mass is 258 g/mol. The average Bonchev–Trinajstić information content (AvgIpc) is 2.41. The summed E-state index contributed by atoms with van der Waals surface area (Å²) < 4.78 is 0. The molecule has 1 aromatic rings. The van der Waals surface area contributed by atoms with Crippen LogP contribution in [0.25, 0.3) is 0 Å². The molecule has 0 saturated carbocycles. The highest BCUT2D eigenvalue weighted by atomic mass is 16.2. The lowest BCUT2D eigenvalue weighted by molar-refractivity contribution is -0.118. The van der Waals surface area contributed by atoms with E-state index in [1.54, 1.807) is 0 Å². The van der Waals surface area contributed by atoms with Crippen LogP contribution in [0.5, 0.6) is 0 Å². The third kappa shape index (κ3) is 2.92. The fourth-order valence-corrected chi connectivity index (χ4v) is 1.61. The molecular formula is C13H14N4O2. The van der Waals surface area contributed by atoms with E-state index < -0.39 is 11.9 Å². The van der Waals surface area contributed by atoms with Gasteiger partial charge >= 0.3 is 6.03 Å². The number of rotatable bonds is 3. The molecule has 0 unspecified atom stereocenters. The highest BCUT2D eigenvalue weighted by Crippen LogP contribution is 2.08. The maximum absolute atomic E-state index is 11.9. The molecule has 0 spiro atoms. The fraction of sp³-hybridized carbons (Fsp3) is 0.0769. The highest BCUT2D eigenvalue weighted by Gasteiger charge is 2.23. The first kappa shape index (κ1) is 12.7. The van der Waals surface area contributed by atoms with Crippen LogP contribution in [-0.2, 0) is 11.3 Å². The van der Waals surface area contributed by atoms with E-state index in [2.05, 4.69) is 22.5 Å². The first-order valence-corrected chi connectivity index (χ1v) is 5.67. The predicted molar refractivity (Wildman–Crippen MR) is 70.3 cm³/mol. The summed E-state index contributed by atoms with van der Waals surface area (Å²) in [6, 6.07) is 8.90. The highest BCUT2D eigenvalue weighted by molar-refractivity contribution is 6.00. The van der Waals surface area contributed by atoms with Crippen molar-refractivity contribution in [2.24, 2.45) is 5.73 Å². The molecule has 1 heterocycles. The molecule has 1 aliphatic heterocycles. The minimum absolute atomic E-state index is 0.0182. The van der Waals surface area contributed by atoms with Gasteiger partial charge in [0.25, 0.3) is 5.91 Å². The first-order valence-electron chi connectivity index (χ1n) is 5.67. The Balaban J connectivity index is 2.06. The fourth-order valence-electron chi connectivity index (χ4n) is 1.61. The Kier molecular flexibility index (Phi) is 3.51. The van der Waals surface area contributed by atoms with Crippen molar-refractivity contribution in [1.29, 1.82) is 0 Å². The Bertz CT molecular complexity index is 563. The van der Waals surface area contributed by atoms with Crippen LogP contribution in [0.4, 0.5) is 4.79 Å². The van der Waals surface area contributed by atoms with E-state index in [9.17, 15) is 9.59 Å². The number of nitrogens with two attached hydrogens (primary N) is 1. The summed E-state index contributed by atoms with van der Waals surface area (Å²) in [4.78, 5) is 23.2. The third-order valence-electron chi connectivity index (χ3n) is 2.62. The van der Waals surface area contributed by atoms with E-state index in [1.165, 1.54) is 0 Å². The molecule has 0 radical (unpaired) electrons. The molecule has 0 aromatic heterocycles. The number of nitrogens with one attached hydrogen (secondary N) is 3. The zero-order valence-corrected chi connectivity index (χ0v) is 10.2. The van der Waals surface area contributed by atoms with E-state index in [0.29, 0.717) is 6.54 Å². The summed E-state index contributed by atoms with van der Waals surface area (Å²) >= 11 is 0. The summed E-state index contributed by atoms with van der Waals surface area (Å²) in [5, 5.41) is 7.42. The van der Waals surface area contributed by atoms with Crippen LogP contribution < -0.4 is 21.7 Å². The molecule has 98 valence electrons. The van der Waals surface area contributed by atoms with Crippen LogP contribution in [0.15, 0.2) is 54.0 Å². The standard InChI is InChI=1S/C13H14N4O2/c1-8-10(14)11(17-13(19)16-8)12(18)15-7-9-5-3-2-4-6-9/h2-6H,1,7,14H2,(H,15,18)(H2,16,17,19). The second-order valence-electron chi connectivity index (χ2n) is 4.01. The Morgan fingerprint density at radius 2 is 1.95 bits per heavy atom. The van der Waals surface area contributed by atoms with Crippen LogP contribution in [-0.4, -0.2) is 11.9 Å². The molecule has 0 fully saturated rings. The molecule has 0 aliphatic carbocycles. The second-order valence-corrected chi connectivity index (χ2v) is 4.01. The molecule has 0 bridgehead atoms. The van der Waals surface area contributed by atoms with E-state index in [-0.39, 0.29) is 17.1 Å². The van der Waals surface area contributed by atoms with Gasteiger partial charge in [-0.1, -0.05) is 36.9 Å². The number of carbonyl (C=O) groups is 2. The quantitative estimate of drug-likeness (QED) is 0.628. The normalized spacial score (nSPS) is 14.7. The van der Waals surface area contributed by atoms with Crippen LogP contribution in [0, 0.1) is 0 Å². The zero-order valence-electron chi connectivity index (χ0n) is 10.2. The maximum atomic E-state index is 11.9. The summed E-state index contributed by atoms with van der Waals surface area (Å²) in [6.45, 7) is 3.92. The molecule has 2 rings (SSSR count). The summed E-state index contributed by atoms with van der Waals surface area (Å²) in [5.41, 5.74) is 7.01. The van der Waals surface area contributed by atoms with Gasteiger partial charge in [0.2, 0.25) is 0 Å². The topological polar surface area (TPSA) is 96.2 Å². The van der Waals surface area contributed by atoms with E-state index in [0.717, 1.165) is 5.56 Å². The number of amides is 3. The van der Waals surface area contributed by atoms with Crippen molar-refractivity contribution in [1.82, 2.24) is 16.0 Å². The minimum Gasteiger partial charge on any atom is -0.395 e. The molecule has 6 nitrogen and oxygen atoms in total. The van der Waals surface area contributed by atoms with Crippen molar-refractivity contribution in [2.45, 2.75) is 6.54 Å². The minimum atomic E-state index is -0.524. The Hall–Kier alpha value is -2.76. The molecule has 5 N–H and O–H groups in total. The Morgan fingerprint density at radius 3 is 2.63 bits per heavy atom. The molecule has 1 aliphatic rings. The average molecular weight is 258 g/mol. The number of carbonyl (C=O) groups excluding carboxylic acids is 2. The molecule has 0 saturated heterocycles. The number of benzene rings is 1. The van der Waals surface area contributed by atoms with Crippen molar-refractivity contribution in [3.05, 3.63) is 59.6 Å². The Morgan fingerprint density at radius 1 is 1.26 bits per heavy atom. The van der Waals surface area contributed by atoms with Crippen molar-refractivity contribution in [2.75, 3.05) is 0 Å². The van der Waals surface area contributed by atoms with Crippen molar-refractivity contribution >= 4 is 11.9 Å². The van der Waals surface area contributed by atoms with Gasteiger partial charge in [-0.2, -0.15) is 0 Å². The smallest absolute Gasteiger partial charge is 0.323 e. The lowest BCUT2D eigenvalue weighted by Gasteiger charge is -2.20. The van der Waals surface area contributed by atoms with Crippen molar-refractivity contribution in [3.63, 3.8) is 0 Å². The van der Waals surface area contributed by atoms with Crippen LogP contribution in [0.2, 0.25) is 0 Å². The van der Waals surface area contributed by atoms with Gasteiger partial charge in [0.1, 0.15) is 5.70 Å². The van der Waals surface area contributed by atoms with E-state index in [4.69, 9.17) is 5.73 Å². The molecular weight excluding hydrogens is 244 g/mol. The molecule has 19 heavy (non-hydrogen) atoms. The van der Waals surface area contributed by atoms with E-state index >= 15 is 0 Å². The van der Waals surface area contributed by atoms with Crippen LogP contribution >= 0.6 is 0 Å². The lowest BCUT2D eigenvalue weighted by Crippen LogP contribution is -2.46. The number of urea groups is 1. The molecule has 6 heteroatoms. The maximum Gasteiger partial charge on any atom is 0.323 e. The molecule has 1 aromatic carbocycles. The van der Waals surface area contributed by atoms with Gasteiger partial charge in [0, 0.05) is 6.54 Å². The summed E-state index contributed by atoms with van der Waals surface area (Å²) in [6.07, 6.45) is 0. The predicted octanol–water partition coefficient (Wildman–Crippen LogP) is 0.300. The van der Waals surface area contributed by atoms with Crippen molar-refractivity contribution < 1.29 is 9.59 Å². The van der Waals surface area contributed by atoms with Gasteiger partial charge in [-0.25, -0.2) is 4.79 Å². The molecule has 0 atom stereocenters. The van der Waals surface area contributed by atoms with Gasteiger partial charge in [-0.05, 0) is 5.56 Å². The van der Waals surface area contributed by atoms with Gasteiger partial charge in [0.15, 0.2) is 0 Å². The summed E-state index contributed by atoms with van der Waals surface area (Å²) in [7, 11) is 0. The largest absolute Gasteiger partial charge is 0.395 e.